The van der Waals surface area contributed by atoms with Crippen LogP contribution in [0, 0.1) is 5.92 Å². The Hall–Kier alpha value is -0.790. The highest BCUT2D eigenvalue weighted by Crippen LogP contribution is 2.16. The summed E-state index contributed by atoms with van der Waals surface area (Å²) < 4.78 is 5.46. The van der Waals surface area contributed by atoms with Crippen molar-refractivity contribution >= 4 is 5.97 Å². The van der Waals surface area contributed by atoms with Crippen molar-refractivity contribution in [3.05, 3.63) is 12.2 Å². The molecule has 0 amide bonds. The van der Waals surface area contributed by atoms with Crippen LogP contribution in [0.15, 0.2) is 12.2 Å². The molecule has 0 saturated carbocycles. The van der Waals surface area contributed by atoms with Gasteiger partial charge < -0.3 is 4.74 Å². The first-order valence-electron chi connectivity index (χ1n) is 20.5. The van der Waals surface area contributed by atoms with Crippen molar-refractivity contribution in [1.29, 1.82) is 0 Å². The molecule has 0 N–H and O–H groups in total. The first-order chi connectivity index (χ1) is 21.7. The van der Waals surface area contributed by atoms with E-state index in [-0.39, 0.29) is 5.97 Å². The molecule has 0 bridgehead atoms. The second kappa shape index (κ2) is 38.4. The molecule has 0 rings (SSSR count). The molecule has 0 aliphatic heterocycles. The number of carbonyl (C=O) groups is 1. The van der Waals surface area contributed by atoms with Crippen LogP contribution < -0.4 is 0 Å². The van der Waals surface area contributed by atoms with Gasteiger partial charge in [-0.1, -0.05) is 206 Å². The maximum Gasteiger partial charge on any atom is 0.305 e. The highest BCUT2D eigenvalue weighted by molar-refractivity contribution is 5.69. The van der Waals surface area contributed by atoms with E-state index in [2.05, 4.69) is 32.9 Å². The molecule has 44 heavy (non-hydrogen) atoms. The second-order valence-corrected chi connectivity index (χ2v) is 14.5. The summed E-state index contributed by atoms with van der Waals surface area (Å²) in [7, 11) is 0. The first-order valence-corrected chi connectivity index (χ1v) is 20.5. The van der Waals surface area contributed by atoms with E-state index in [0.29, 0.717) is 13.0 Å². The average molecular weight is 619 g/mol. The molecule has 0 heterocycles. The topological polar surface area (TPSA) is 26.3 Å². The van der Waals surface area contributed by atoms with E-state index in [4.69, 9.17) is 4.74 Å². The summed E-state index contributed by atoms with van der Waals surface area (Å²) in [4.78, 5) is 12.0. The van der Waals surface area contributed by atoms with Gasteiger partial charge in [-0.15, -0.1) is 0 Å². The van der Waals surface area contributed by atoms with Crippen LogP contribution >= 0.6 is 0 Å². The molecule has 2 heteroatoms. The third-order valence-electron chi connectivity index (χ3n) is 9.33. The molecule has 0 radical (unpaired) electrons. The van der Waals surface area contributed by atoms with E-state index in [0.717, 1.165) is 18.8 Å². The molecule has 0 aromatic heterocycles. The summed E-state index contributed by atoms with van der Waals surface area (Å²) >= 11 is 0. The molecule has 0 unspecified atom stereocenters. The van der Waals surface area contributed by atoms with Crippen molar-refractivity contribution < 1.29 is 9.53 Å². The lowest BCUT2D eigenvalue weighted by molar-refractivity contribution is -0.143. The minimum atomic E-state index is 0.0251. The van der Waals surface area contributed by atoms with Crippen LogP contribution in [0.3, 0.4) is 0 Å². The van der Waals surface area contributed by atoms with Gasteiger partial charge in [0.1, 0.15) is 0 Å². The van der Waals surface area contributed by atoms with Gasteiger partial charge in [0.05, 0.1) is 6.61 Å². The molecule has 0 atom stereocenters. The van der Waals surface area contributed by atoms with Gasteiger partial charge in [0, 0.05) is 6.42 Å². The predicted molar refractivity (Wildman–Crippen MR) is 198 cm³/mol. The number of ether oxygens (including phenoxy) is 1. The van der Waals surface area contributed by atoms with Crippen molar-refractivity contribution in [2.24, 2.45) is 5.92 Å². The smallest absolute Gasteiger partial charge is 0.305 e. The lowest BCUT2D eigenvalue weighted by Crippen LogP contribution is -2.05. The van der Waals surface area contributed by atoms with Gasteiger partial charge in [-0.3, -0.25) is 4.79 Å². The van der Waals surface area contributed by atoms with E-state index >= 15 is 0 Å². The van der Waals surface area contributed by atoms with Crippen molar-refractivity contribution in [3.8, 4) is 0 Å². The van der Waals surface area contributed by atoms with Crippen molar-refractivity contribution in [2.75, 3.05) is 6.61 Å². The minimum Gasteiger partial charge on any atom is -0.466 e. The number of allylic oxidation sites excluding steroid dienone is 2. The van der Waals surface area contributed by atoms with Gasteiger partial charge >= 0.3 is 5.97 Å². The zero-order valence-corrected chi connectivity index (χ0v) is 30.8. The van der Waals surface area contributed by atoms with E-state index in [1.54, 1.807) is 0 Å². The molecular weight excluding hydrogens is 536 g/mol. The molecule has 0 aromatic rings. The largest absolute Gasteiger partial charge is 0.466 e. The average Bonchev–Trinajstić information content (AvgIpc) is 3.01. The van der Waals surface area contributed by atoms with Crippen LogP contribution in [0.2, 0.25) is 0 Å². The molecule has 0 saturated heterocycles. The van der Waals surface area contributed by atoms with Crippen LogP contribution in [0.25, 0.3) is 0 Å². The number of unbranched alkanes of at least 4 members (excludes halogenated alkanes) is 29. The third-order valence-corrected chi connectivity index (χ3v) is 9.33. The Kier molecular flexibility index (Phi) is 37.7. The summed E-state index contributed by atoms with van der Waals surface area (Å²) in [5.41, 5.74) is 0. The molecule has 2 nitrogen and oxygen atoms in total. The Labute approximate surface area is 278 Å². The van der Waals surface area contributed by atoms with Crippen LogP contribution in [-0.2, 0) is 9.53 Å². The molecule has 0 spiro atoms. The normalized spacial score (nSPS) is 11.7. The molecule has 0 aliphatic rings. The fourth-order valence-electron chi connectivity index (χ4n) is 6.26. The van der Waals surface area contributed by atoms with Crippen LogP contribution in [0.1, 0.15) is 239 Å². The van der Waals surface area contributed by atoms with Gasteiger partial charge in [-0.2, -0.15) is 0 Å². The number of hydrogen-bond donors (Lipinski definition) is 0. The van der Waals surface area contributed by atoms with Gasteiger partial charge in [0.15, 0.2) is 0 Å². The highest BCUT2D eigenvalue weighted by Gasteiger charge is 2.03. The third kappa shape index (κ3) is 39.2. The second-order valence-electron chi connectivity index (χ2n) is 14.5. The summed E-state index contributed by atoms with van der Waals surface area (Å²) in [5.74, 6) is 0.905. The number of hydrogen-bond acceptors (Lipinski definition) is 2. The summed E-state index contributed by atoms with van der Waals surface area (Å²) in [5, 5.41) is 0. The Morgan fingerprint density at radius 1 is 0.455 bits per heavy atom. The van der Waals surface area contributed by atoms with Crippen molar-refractivity contribution in [2.45, 2.75) is 239 Å². The Morgan fingerprint density at radius 2 is 0.795 bits per heavy atom. The lowest BCUT2D eigenvalue weighted by atomic mass is 10.0. The summed E-state index contributed by atoms with van der Waals surface area (Å²) in [6.45, 7) is 7.58. The summed E-state index contributed by atoms with van der Waals surface area (Å²) in [6.07, 6.45) is 50.1. The van der Waals surface area contributed by atoms with E-state index in [9.17, 15) is 4.79 Å². The standard InChI is InChI=1S/C42H82O2/c1-4-5-6-7-8-9-10-11-12-14-18-21-24-27-30-33-36-39-42(43)44-40-37-34-31-28-25-22-19-16-13-15-17-20-23-26-29-32-35-38-41(2)3/h9-10,41H,4-8,11-40H2,1-3H3. The Morgan fingerprint density at radius 3 is 1.20 bits per heavy atom. The van der Waals surface area contributed by atoms with Crippen LogP contribution in [-0.4, -0.2) is 12.6 Å². The fourth-order valence-corrected chi connectivity index (χ4v) is 6.26. The van der Waals surface area contributed by atoms with E-state index < -0.39 is 0 Å². The molecule has 262 valence electrons. The van der Waals surface area contributed by atoms with Crippen molar-refractivity contribution in [3.63, 3.8) is 0 Å². The number of carbonyl (C=O) groups excluding carboxylic acids is 1. The van der Waals surface area contributed by atoms with E-state index in [1.807, 2.05) is 0 Å². The summed E-state index contributed by atoms with van der Waals surface area (Å²) in [6, 6.07) is 0. The fraction of sp³-hybridized carbons (Fsp3) is 0.929. The van der Waals surface area contributed by atoms with Gasteiger partial charge in [-0.25, -0.2) is 0 Å². The number of esters is 1. The first kappa shape index (κ1) is 43.2. The number of rotatable bonds is 37. The van der Waals surface area contributed by atoms with Gasteiger partial charge in [0.2, 0.25) is 0 Å². The molecule has 0 aliphatic carbocycles. The zero-order valence-electron chi connectivity index (χ0n) is 30.8. The van der Waals surface area contributed by atoms with Crippen LogP contribution in [0.4, 0.5) is 0 Å². The zero-order chi connectivity index (χ0) is 32.0. The SMILES string of the molecule is CCCCCCC=CCCCCCCCCCCCC(=O)OCCCCCCCCCCCCCCCCCCCC(C)C. The molecular formula is C42H82O2. The predicted octanol–water partition coefficient (Wildman–Crippen LogP) is 15.0. The lowest BCUT2D eigenvalue weighted by Gasteiger charge is -2.06. The minimum absolute atomic E-state index is 0.0251. The molecule has 0 aromatic carbocycles. The maximum absolute atomic E-state index is 12.0. The van der Waals surface area contributed by atoms with Gasteiger partial charge in [-0.05, 0) is 44.4 Å². The molecule has 0 fully saturated rings. The maximum atomic E-state index is 12.0. The quantitative estimate of drug-likeness (QED) is 0.0393. The van der Waals surface area contributed by atoms with Crippen LogP contribution in [0.5, 0.6) is 0 Å². The van der Waals surface area contributed by atoms with Gasteiger partial charge in [0.25, 0.3) is 0 Å². The van der Waals surface area contributed by atoms with Crippen molar-refractivity contribution in [1.82, 2.24) is 0 Å². The Bertz CT molecular complexity index is 566. The Balaban J connectivity index is 3.17. The highest BCUT2D eigenvalue weighted by atomic mass is 16.5. The van der Waals surface area contributed by atoms with E-state index in [1.165, 1.54) is 199 Å². The monoisotopic (exact) mass is 619 g/mol.